The van der Waals surface area contributed by atoms with E-state index in [-0.39, 0.29) is 6.03 Å². The van der Waals surface area contributed by atoms with Crippen LogP contribution in [0.1, 0.15) is 13.8 Å². The number of hydrogen-bond acceptors (Lipinski definition) is 3. The molecule has 2 atom stereocenters. The lowest BCUT2D eigenvalue weighted by Crippen LogP contribution is -2.40. The Balaban J connectivity index is 1.83. The van der Waals surface area contributed by atoms with Crippen LogP contribution < -0.4 is 5.32 Å². The van der Waals surface area contributed by atoms with Gasteiger partial charge in [-0.2, -0.15) is 0 Å². The fourth-order valence-corrected chi connectivity index (χ4v) is 2.84. The lowest BCUT2D eigenvalue weighted by atomic mass is 10.0. The van der Waals surface area contributed by atoms with Crippen LogP contribution in [0.4, 0.5) is 4.79 Å². The number of likely N-dealkylation sites (tertiary alicyclic amines) is 2. The van der Waals surface area contributed by atoms with Gasteiger partial charge in [0, 0.05) is 32.2 Å². The first-order valence-corrected chi connectivity index (χ1v) is 6.42. The first-order chi connectivity index (χ1) is 8.61. The van der Waals surface area contributed by atoms with Gasteiger partial charge < -0.3 is 9.80 Å². The fourth-order valence-electron chi connectivity index (χ4n) is 2.84. The highest BCUT2D eigenvalue weighted by molar-refractivity contribution is 5.88. The van der Waals surface area contributed by atoms with Crippen molar-refractivity contribution in [1.82, 2.24) is 15.1 Å². The van der Waals surface area contributed by atoms with Gasteiger partial charge in [0.2, 0.25) is 0 Å². The Labute approximate surface area is 108 Å². The average Bonchev–Trinajstić information content (AvgIpc) is 2.86. The maximum Gasteiger partial charge on any atom is 0.322 e. The smallest absolute Gasteiger partial charge is 0.322 e. The number of aliphatic imine (C=N–C) groups is 1. The molecule has 2 heterocycles. The monoisotopic (exact) mass is 251 g/mol. The van der Waals surface area contributed by atoms with E-state index in [1.165, 1.54) is 6.34 Å². The van der Waals surface area contributed by atoms with Gasteiger partial charge in [0.25, 0.3) is 0 Å². The standard InChI is InChI=1S/C12H21N5O/c1-9(2)16-3-10-5-17(6-11(10)4-16)12(18)15-8-14-7-13/h7-11H,3-6H2,1-2H3,(H2,13,14,15,18). The van der Waals surface area contributed by atoms with Gasteiger partial charge in [0.05, 0.1) is 6.34 Å². The van der Waals surface area contributed by atoms with Crippen molar-refractivity contribution in [2.75, 3.05) is 26.2 Å². The molecule has 0 spiro atoms. The van der Waals surface area contributed by atoms with E-state index in [9.17, 15) is 4.79 Å². The summed E-state index contributed by atoms with van der Waals surface area (Å²) in [5, 5.41) is 9.31. The number of rotatable bonds is 3. The number of carbonyl (C=O) groups is 1. The summed E-state index contributed by atoms with van der Waals surface area (Å²) < 4.78 is 0. The molecule has 0 saturated carbocycles. The molecular formula is C12H21N5O. The Kier molecular flexibility index (Phi) is 3.96. The van der Waals surface area contributed by atoms with Crippen molar-refractivity contribution in [3.8, 4) is 0 Å². The van der Waals surface area contributed by atoms with Gasteiger partial charge in [-0.3, -0.25) is 10.7 Å². The second-order valence-electron chi connectivity index (χ2n) is 5.33. The number of carbonyl (C=O) groups excluding carboxylic acids is 1. The summed E-state index contributed by atoms with van der Waals surface area (Å²) in [7, 11) is 0. The number of amides is 2. The molecule has 0 aromatic heterocycles. The zero-order valence-electron chi connectivity index (χ0n) is 11.0. The fraction of sp³-hybridized carbons (Fsp3) is 0.750. The molecule has 0 bridgehead atoms. The largest absolute Gasteiger partial charge is 0.324 e. The van der Waals surface area contributed by atoms with E-state index in [0.717, 1.165) is 32.5 Å². The van der Waals surface area contributed by atoms with Crippen LogP contribution in [0.25, 0.3) is 0 Å². The van der Waals surface area contributed by atoms with Gasteiger partial charge in [-0.25, -0.2) is 9.79 Å². The predicted molar refractivity (Wildman–Crippen MR) is 71.1 cm³/mol. The van der Waals surface area contributed by atoms with Gasteiger partial charge in [-0.1, -0.05) is 0 Å². The van der Waals surface area contributed by atoms with Crippen molar-refractivity contribution in [3.63, 3.8) is 0 Å². The lowest BCUT2D eigenvalue weighted by Gasteiger charge is -2.23. The highest BCUT2D eigenvalue weighted by atomic mass is 16.2. The predicted octanol–water partition coefficient (Wildman–Crippen LogP) is 0.603. The summed E-state index contributed by atoms with van der Waals surface area (Å²) in [6, 6.07) is 0.490. The summed E-state index contributed by atoms with van der Waals surface area (Å²) in [5.74, 6) is 1.22. The van der Waals surface area contributed by atoms with Crippen molar-refractivity contribution in [2.45, 2.75) is 19.9 Å². The van der Waals surface area contributed by atoms with E-state index in [4.69, 9.17) is 5.41 Å². The Morgan fingerprint density at radius 3 is 2.44 bits per heavy atom. The zero-order valence-corrected chi connectivity index (χ0v) is 11.0. The SMILES string of the molecule is CC(C)N1CC2CN(C(=O)NC=NC=N)CC2C1. The van der Waals surface area contributed by atoms with Crippen LogP contribution in [0.3, 0.4) is 0 Å². The third-order valence-electron chi connectivity index (χ3n) is 3.87. The molecule has 0 aromatic rings. The van der Waals surface area contributed by atoms with E-state index >= 15 is 0 Å². The molecule has 2 rings (SSSR count). The molecule has 2 N–H and O–H groups in total. The zero-order chi connectivity index (χ0) is 13.1. The molecule has 0 aliphatic carbocycles. The summed E-state index contributed by atoms with van der Waals surface area (Å²) in [6.07, 6.45) is 2.17. The average molecular weight is 251 g/mol. The molecule has 18 heavy (non-hydrogen) atoms. The van der Waals surface area contributed by atoms with Crippen LogP contribution in [0, 0.1) is 17.2 Å². The van der Waals surface area contributed by atoms with Gasteiger partial charge in [0.15, 0.2) is 0 Å². The highest BCUT2D eigenvalue weighted by Gasteiger charge is 2.41. The summed E-state index contributed by atoms with van der Waals surface area (Å²) in [6.45, 7) is 8.30. The maximum atomic E-state index is 11.8. The summed E-state index contributed by atoms with van der Waals surface area (Å²) >= 11 is 0. The Morgan fingerprint density at radius 2 is 1.94 bits per heavy atom. The number of nitrogens with zero attached hydrogens (tertiary/aromatic N) is 3. The van der Waals surface area contributed by atoms with Crippen molar-refractivity contribution in [3.05, 3.63) is 0 Å². The van der Waals surface area contributed by atoms with Crippen LogP contribution in [-0.4, -0.2) is 60.7 Å². The third kappa shape index (κ3) is 2.69. The van der Waals surface area contributed by atoms with E-state index in [1.807, 2.05) is 4.90 Å². The molecule has 2 aliphatic heterocycles. The van der Waals surface area contributed by atoms with Crippen LogP contribution in [0.2, 0.25) is 0 Å². The van der Waals surface area contributed by atoms with Gasteiger partial charge in [0.1, 0.15) is 6.34 Å². The minimum absolute atomic E-state index is 0.105. The van der Waals surface area contributed by atoms with E-state index in [2.05, 4.69) is 29.1 Å². The molecule has 2 amide bonds. The van der Waals surface area contributed by atoms with Crippen LogP contribution in [0.15, 0.2) is 4.99 Å². The first-order valence-electron chi connectivity index (χ1n) is 6.42. The van der Waals surface area contributed by atoms with Crippen molar-refractivity contribution >= 4 is 18.7 Å². The summed E-state index contributed by atoms with van der Waals surface area (Å²) in [4.78, 5) is 19.7. The van der Waals surface area contributed by atoms with Gasteiger partial charge >= 0.3 is 6.03 Å². The molecule has 0 radical (unpaired) electrons. The Bertz CT molecular complexity index is 340. The van der Waals surface area contributed by atoms with Crippen molar-refractivity contribution in [1.29, 1.82) is 5.41 Å². The minimum atomic E-state index is -0.105. The lowest BCUT2D eigenvalue weighted by molar-refractivity contribution is 0.199. The molecule has 6 heteroatoms. The summed E-state index contributed by atoms with van der Waals surface area (Å²) in [5.41, 5.74) is 0. The maximum absolute atomic E-state index is 11.8. The highest BCUT2D eigenvalue weighted by Crippen LogP contribution is 2.31. The van der Waals surface area contributed by atoms with Gasteiger partial charge in [-0.15, -0.1) is 0 Å². The second-order valence-corrected chi connectivity index (χ2v) is 5.33. The molecular weight excluding hydrogens is 230 g/mol. The number of urea groups is 1. The van der Waals surface area contributed by atoms with E-state index < -0.39 is 0 Å². The topological polar surface area (TPSA) is 71.8 Å². The van der Waals surface area contributed by atoms with E-state index in [1.54, 1.807) is 0 Å². The molecule has 2 fully saturated rings. The third-order valence-corrected chi connectivity index (χ3v) is 3.87. The van der Waals surface area contributed by atoms with Crippen LogP contribution >= 0.6 is 0 Å². The molecule has 2 unspecified atom stereocenters. The van der Waals surface area contributed by atoms with Crippen LogP contribution in [-0.2, 0) is 0 Å². The van der Waals surface area contributed by atoms with Gasteiger partial charge in [-0.05, 0) is 25.7 Å². The minimum Gasteiger partial charge on any atom is -0.324 e. The molecule has 6 nitrogen and oxygen atoms in total. The Hall–Kier alpha value is -1.43. The van der Waals surface area contributed by atoms with Crippen molar-refractivity contribution in [2.24, 2.45) is 16.8 Å². The van der Waals surface area contributed by atoms with Crippen LogP contribution in [0.5, 0.6) is 0 Å². The van der Waals surface area contributed by atoms with Crippen molar-refractivity contribution < 1.29 is 4.79 Å². The molecule has 100 valence electrons. The Morgan fingerprint density at radius 1 is 1.33 bits per heavy atom. The number of nitrogens with one attached hydrogen (secondary N) is 2. The molecule has 0 aromatic carbocycles. The number of fused-ring (bicyclic) bond motifs is 1. The number of hydrogen-bond donors (Lipinski definition) is 2. The molecule has 2 aliphatic rings. The quantitative estimate of drug-likeness (QED) is 0.569. The molecule has 2 saturated heterocycles. The second kappa shape index (κ2) is 5.48. The van der Waals surface area contributed by atoms with E-state index in [0.29, 0.717) is 17.9 Å². The normalized spacial score (nSPS) is 28.1. The first kappa shape index (κ1) is 13.0.